The zero-order chi connectivity index (χ0) is 18.0. The average molecular weight is 401 g/mol. The smallest absolute Gasteiger partial charge is 0.790 e. The minimum absolute atomic E-state index is 0. The van der Waals surface area contributed by atoms with Crippen molar-refractivity contribution in [3.8, 4) is 0 Å². The maximum atomic E-state index is 12.1. The van der Waals surface area contributed by atoms with Gasteiger partial charge in [0.2, 0.25) is 5.91 Å². The zero-order valence-corrected chi connectivity index (χ0v) is 21.2. The Balaban J connectivity index is 0. The molecular formula is C17H26NNa2O5P. The Morgan fingerprint density at radius 2 is 1.85 bits per heavy atom. The van der Waals surface area contributed by atoms with E-state index < -0.39 is 20.5 Å². The van der Waals surface area contributed by atoms with Gasteiger partial charge in [-0.05, 0) is 18.9 Å². The summed E-state index contributed by atoms with van der Waals surface area (Å²) in [5.41, 5.74) is 1.68. The van der Waals surface area contributed by atoms with Crippen molar-refractivity contribution < 1.29 is 82.8 Å². The van der Waals surface area contributed by atoms with Gasteiger partial charge in [-0.15, -0.1) is 0 Å². The van der Waals surface area contributed by atoms with Crippen molar-refractivity contribution in [1.82, 2.24) is 5.32 Å². The first-order valence-corrected chi connectivity index (χ1v) is 9.80. The number of carbonyl (C=O) groups is 1. The molecule has 0 aliphatic carbocycles. The van der Waals surface area contributed by atoms with Crippen LogP contribution in [0.4, 0.5) is 0 Å². The Bertz CT molecular complexity index is 568. The maximum absolute atomic E-state index is 12.1. The third kappa shape index (κ3) is 13.9. The number of phosphoric ester groups is 1. The first kappa shape index (κ1) is 29.0. The largest absolute Gasteiger partial charge is 1.00 e. The fourth-order valence-electron chi connectivity index (χ4n) is 2.43. The van der Waals surface area contributed by atoms with Crippen LogP contribution < -0.4 is 74.2 Å². The Labute approximate surface area is 200 Å². The van der Waals surface area contributed by atoms with Crippen molar-refractivity contribution in [3.63, 3.8) is 0 Å². The van der Waals surface area contributed by atoms with E-state index in [1.54, 1.807) is 6.07 Å². The molecule has 0 aliphatic heterocycles. The van der Waals surface area contributed by atoms with E-state index in [-0.39, 0.29) is 65.0 Å². The van der Waals surface area contributed by atoms with Crippen molar-refractivity contribution in [2.45, 2.75) is 58.4 Å². The molecule has 1 atom stereocenters. The summed E-state index contributed by atoms with van der Waals surface area (Å²) in [5, 5.41) is 2.76. The van der Waals surface area contributed by atoms with Gasteiger partial charge in [0.05, 0.1) is 20.5 Å². The van der Waals surface area contributed by atoms with E-state index in [0.29, 0.717) is 12.0 Å². The van der Waals surface area contributed by atoms with Crippen LogP contribution >= 0.6 is 7.82 Å². The van der Waals surface area contributed by atoms with Crippen LogP contribution in [0.5, 0.6) is 0 Å². The van der Waals surface area contributed by atoms with Crippen LogP contribution in [0.2, 0.25) is 0 Å². The predicted molar refractivity (Wildman–Crippen MR) is 89.0 cm³/mol. The topological polar surface area (TPSA) is 102 Å². The molecule has 0 spiro atoms. The van der Waals surface area contributed by atoms with E-state index >= 15 is 0 Å². The van der Waals surface area contributed by atoms with Gasteiger partial charge in [0.25, 0.3) is 0 Å². The van der Waals surface area contributed by atoms with Crippen LogP contribution in [-0.2, 0) is 13.9 Å². The van der Waals surface area contributed by atoms with E-state index in [1.807, 2.05) is 25.1 Å². The van der Waals surface area contributed by atoms with Crippen molar-refractivity contribution >= 4 is 13.7 Å². The molecule has 6 nitrogen and oxygen atoms in total. The fraction of sp³-hybridized carbons (Fsp3) is 0.588. The van der Waals surface area contributed by atoms with Crippen LogP contribution in [-0.4, -0.2) is 12.5 Å². The first-order chi connectivity index (χ1) is 11.3. The van der Waals surface area contributed by atoms with Crippen LogP contribution in [0.3, 0.4) is 0 Å². The van der Waals surface area contributed by atoms with Crippen molar-refractivity contribution in [2.75, 3.05) is 6.61 Å². The summed E-state index contributed by atoms with van der Waals surface area (Å²) in [5.74, 6) is -0.173. The fourth-order valence-corrected chi connectivity index (χ4v) is 2.76. The molecule has 1 aromatic carbocycles. The van der Waals surface area contributed by atoms with Gasteiger partial charge in [-0.2, -0.15) is 0 Å². The predicted octanol–water partition coefficient (Wildman–Crippen LogP) is -3.63. The Kier molecular flexibility index (Phi) is 17.5. The molecule has 0 saturated carbocycles. The number of unbranched alkanes of at least 4 members (excludes halogenated alkanes) is 4. The zero-order valence-electron chi connectivity index (χ0n) is 16.3. The molecule has 1 rings (SSSR count). The number of nitrogens with one attached hydrogen (secondary N) is 1. The number of aryl methyl sites for hydroxylation is 1. The molecule has 0 fully saturated rings. The molecule has 0 aliphatic rings. The Morgan fingerprint density at radius 1 is 1.19 bits per heavy atom. The second kappa shape index (κ2) is 15.7. The quantitative estimate of drug-likeness (QED) is 0.234. The summed E-state index contributed by atoms with van der Waals surface area (Å²) >= 11 is 0. The normalized spacial score (nSPS) is 11.8. The van der Waals surface area contributed by atoms with Gasteiger partial charge >= 0.3 is 59.1 Å². The number of phosphoric acid groups is 1. The molecule has 0 saturated heterocycles. The van der Waals surface area contributed by atoms with Crippen molar-refractivity contribution in [2.24, 2.45) is 0 Å². The molecule has 0 heterocycles. The summed E-state index contributed by atoms with van der Waals surface area (Å²) in [6.07, 6.45) is 5.55. The first-order valence-electron chi connectivity index (χ1n) is 8.34. The van der Waals surface area contributed by atoms with E-state index in [9.17, 15) is 19.1 Å². The summed E-state index contributed by atoms with van der Waals surface area (Å²) in [6, 6.07) is 6.63. The Hall–Kier alpha value is 0.800. The standard InChI is InChI=1S/C17H28NO5P.2Na/c1-3-4-5-6-7-11-17(19)18-16(13-23-24(20,21)22)15-10-8-9-14(2)12-15;;/h8-10,12,16H,3-7,11,13H2,1-2H3,(H,18,19)(H2,20,21,22);;/q;2*+1/p-2. The molecule has 26 heavy (non-hydrogen) atoms. The third-order valence-corrected chi connectivity index (χ3v) is 4.15. The minimum Gasteiger partial charge on any atom is -0.790 e. The molecule has 0 bridgehead atoms. The van der Waals surface area contributed by atoms with Gasteiger partial charge in [0, 0.05) is 6.42 Å². The van der Waals surface area contributed by atoms with Gasteiger partial charge in [-0.25, -0.2) is 0 Å². The summed E-state index contributed by atoms with van der Waals surface area (Å²) in [4.78, 5) is 33.5. The Morgan fingerprint density at radius 3 is 2.42 bits per heavy atom. The van der Waals surface area contributed by atoms with E-state index in [1.165, 1.54) is 0 Å². The molecule has 136 valence electrons. The molecule has 9 heteroatoms. The number of benzene rings is 1. The van der Waals surface area contributed by atoms with Gasteiger partial charge in [-0.3, -0.25) is 4.79 Å². The average Bonchev–Trinajstić information content (AvgIpc) is 2.50. The van der Waals surface area contributed by atoms with Crippen LogP contribution in [0.25, 0.3) is 0 Å². The van der Waals surface area contributed by atoms with E-state index in [2.05, 4.69) is 16.8 Å². The van der Waals surface area contributed by atoms with Gasteiger partial charge < -0.3 is 24.2 Å². The van der Waals surface area contributed by atoms with Gasteiger partial charge in [0.15, 0.2) is 0 Å². The van der Waals surface area contributed by atoms with Crippen LogP contribution in [0.1, 0.15) is 62.6 Å². The van der Waals surface area contributed by atoms with Crippen molar-refractivity contribution in [3.05, 3.63) is 35.4 Å². The minimum atomic E-state index is -5.08. The second-order valence-electron chi connectivity index (χ2n) is 5.94. The summed E-state index contributed by atoms with van der Waals surface area (Å²) in [7, 11) is -5.08. The number of amides is 1. The van der Waals surface area contributed by atoms with E-state index in [4.69, 9.17) is 0 Å². The molecule has 1 aromatic rings. The molecule has 0 aromatic heterocycles. The number of rotatable bonds is 11. The van der Waals surface area contributed by atoms with Gasteiger partial charge in [0.1, 0.15) is 0 Å². The molecule has 0 radical (unpaired) electrons. The van der Waals surface area contributed by atoms with E-state index in [0.717, 1.165) is 37.7 Å². The van der Waals surface area contributed by atoms with Crippen LogP contribution in [0, 0.1) is 6.92 Å². The van der Waals surface area contributed by atoms with Crippen LogP contribution in [0.15, 0.2) is 24.3 Å². The maximum Gasteiger partial charge on any atom is 1.00 e. The number of hydrogen-bond donors (Lipinski definition) is 1. The monoisotopic (exact) mass is 401 g/mol. The van der Waals surface area contributed by atoms with Gasteiger partial charge in [-0.1, -0.05) is 62.4 Å². The summed E-state index contributed by atoms with van der Waals surface area (Å²) in [6.45, 7) is 3.63. The molecule has 1 amide bonds. The molecule has 1 unspecified atom stereocenters. The molecular weight excluding hydrogens is 375 g/mol. The summed E-state index contributed by atoms with van der Waals surface area (Å²) < 4.78 is 15.1. The molecule has 1 N–H and O–H groups in total. The number of carbonyl (C=O) groups excluding carboxylic acids is 1. The second-order valence-corrected chi connectivity index (χ2v) is 7.09. The number of hydrogen-bond acceptors (Lipinski definition) is 5. The van der Waals surface area contributed by atoms with Crippen molar-refractivity contribution in [1.29, 1.82) is 0 Å². The SMILES string of the molecule is CCCCCCCC(=O)NC(COP(=O)([O-])[O-])c1cccc(C)c1.[Na+].[Na+]. The third-order valence-electron chi connectivity index (χ3n) is 3.69.